The van der Waals surface area contributed by atoms with Crippen molar-refractivity contribution in [3.05, 3.63) is 228 Å². The van der Waals surface area contributed by atoms with Gasteiger partial charge >= 0.3 is 0 Å². The van der Waals surface area contributed by atoms with Crippen LogP contribution in [0.5, 0.6) is 11.5 Å². The molecule has 1 spiro atoms. The standard InChI is InChI=1S/C54H33N3O/c55-34-35-25-27-38(28-26-35)41-19-11-23-47-51(41)58-52-44(20-12-24-48(52)54(47)45-21-9-7-17-42(45)43-18-8-10-22-46(43)54)50-33-49(39-15-5-2-6-16-39)56-53(57-50)40-31-29-37(30-32-40)36-13-3-1-4-14-36/h1-33H. The van der Waals surface area contributed by atoms with Gasteiger partial charge in [-0.1, -0.05) is 176 Å². The molecule has 9 aromatic rings. The van der Waals surface area contributed by atoms with E-state index in [9.17, 15) is 5.26 Å². The third kappa shape index (κ3) is 5.15. The van der Waals surface area contributed by atoms with E-state index in [2.05, 4.69) is 158 Å². The fourth-order valence-electron chi connectivity index (χ4n) is 9.01. The van der Waals surface area contributed by atoms with Gasteiger partial charge in [0.15, 0.2) is 5.82 Å². The predicted octanol–water partition coefficient (Wildman–Crippen LogP) is 13.2. The Morgan fingerprint density at radius 1 is 0.379 bits per heavy atom. The average molecular weight is 740 g/mol. The fraction of sp³-hybridized carbons (Fsp3) is 0.0185. The highest BCUT2D eigenvalue weighted by Crippen LogP contribution is 2.64. The maximum absolute atomic E-state index is 9.62. The van der Waals surface area contributed by atoms with E-state index in [0.29, 0.717) is 11.4 Å². The topological polar surface area (TPSA) is 58.8 Å². The van der Waals surface area contributed by atoms with Gasteiger partial charge in [-0.25, -0.2) is 9.97 Å². The van der Waals surface area contributed by atoms with Crippen molar-refractivity contribution in [1.82, 2.24) is 9.97 Å². The minimum absolute atomic E-state index is 0.612. The Labute approximate surface area is 337 Å². The Morgan fingerprint density at radius 2 is 0.845 bits per heavy atom. The zero-order chi connectivity index (χ0) is 38.6. The van der Waals surface area contributed by atoms with Crippen LogP contribution in [0.2, 0.25) is 0 Å². The lowest BCUT2D eigenvalue weighted by molar-refractivity contribution is 0.439. The summed E-state index contributed by atoms with van der Waals surface area (Å²) >= 11 is 0. The molecule has 0 N–H and O–H groups in total. The molecule has 4 nitrogen and oxygen atoms in total. The molecule has 270 valence electrons. The summed E-state index contributed by atoms with van der Waals surface area (Å²) in [4.78, 5) is 10.5. The van der Waals surface area contributed by atoms with Crippen LogP contribution in [-0.4, -0.2) is 9.97 Å². The highest BCUT2D eigenvalue weighted by molar-refractivity contribution is 5.92. The van der Waals surface area contributed by atoms with E-state index in [4.69, 9.17) is 14.7 Å². The summed E-state index contributed by atoms with van der Waals surface area (Å²) in [7, 11) is 0. The van der Waals surface area contributed by atoms with Gasteiger partial charge in [0.05, 0.1) is 28.4 Å². The van der Waals surface area contributed by atoms with Crippen LogP contribution in [0.1, 0.15) is 27.8 Å². The number of aromatic nitrogens is 2. The van der Waals surface area contributed by atoms with Crippen molar-refractivity contribution in [2.45, 2.75) is 5.41 Å². The smallest absolute Gasteiger partial charge is 0.160 e. The zero-order valence-electron chi connectivity index (χ0n) is 31.3. The second kappa shape index (κ2) is 13.4. The van der Waals surface area contributed by atoms with E-state index in [0.717, 1.165) is 73.0 Å². The third-order valence-electron chi connectivity index (χ3n) is 11.6. The molecule has 0 saturated heterocycles. The lowest BCUT2D eigenvalue weighted by Gasteiger charge is -2.40. The number of rotatable bonds is 5. The molecule has 1 aliphatic heterocycles. The van der Waals surface area contributed by atoms with Gasteiger partial charge in [-0.3, -0.25) is 0 Å². The van der Waals surface area contributed by atoms with Gasteiger partial charge in [0.1, 0.15) is 11.5 Å². The number of nitriles is 1. The number of ether oxygens (including phenoxy) is 1. The molecule has 0 amide bonds. The number of nitrogens with zero attached hydrogens (tertiary/aromatic N) is 3. The van der Waals surface area contributed by atoms with Gasteiger partial charge in [-0.15, -0.1) is 0 Å². The molecule has 0 fully saturated rings. The lowest BCUT2D eigenvalue weighted by Crippen LogP contribution is -2.32. The first-order valence-corrected chi connectivity index (χ1v) is 19.5. The molecule has 0 bridgehead atoms. The zero-order valence-corrected chi connectivity index (χ0v) is 31.3. The largest absolute Gasteiger partial charge is 0.455 e. The Balaban J connectivity index is 1.17. The highest BCUT2D eigenvalue weighted by atomic mass is 16.5. The number of fused-ring (bicyclic) bond motifs is 9. The molecule has 2 aliphatic rings. The minimum Gasteiger partial charge on any atom is -0.455 e. The maximum Gasteiger partial charge on any atom is 0.160 e. The molecular weight excluding hydrogens is 707 g/mol. The van der Waals surface area contributed by atoms with E-state index in [-0.39, 0.29) is 0 Å². The molecule has 0 atom stereocenters. The van der Waals surface area contributed by atoms with Crippen LogP contribution in [0.15, 0.2) is 200 Å². The summed E-state index contributed by atoms with van der Waals surface area (Å²) < 4.78 is 7.35. The summed E-state index contributed by atoms with van der Waals surface area (Å²) in [6.45, 7) is 0. The normalized spacial score (nSPS) is 12.7. The van der Waals surface area contributed by atoms with Crippen molar-refractivity contribution in [2.75, 3.05) is 0 Å². The van der Waals surface area contributed by atoms with Crippen LogP contribution in [0.25, 0.3) is 67.3 Å². The van der Waals surface area contributed by atoms with Crippen molar-refractivity contribution in [3.8, 4) is 84.9 Å². The van der Waals surface area contributed by atoms with Crippen molar-refractivity contribution < 1.29 is 4.74 Å². The van der Waals surface area contributed by atoms with Gasteiger partial charge in [0, 0.05) is 33.4 Å². The molecule has 0 saturated carbocycles. The predicted molar refractivity (Wildman–Crippen MR) is 231 cm³/mol. The van der Waals surface area contributed by atoms with E-state index >= 15 is 0 Å². The van der Waals surface area contributed by atoms with E-state index in [1.165, 1.54) is 22.3 Å². The molecule has 8 aromatic carbocycles. The molecule has 0 unspecified atom stereocenters. The van der Waals surface area contributed by atoms with Crippen LogP contribution in [0.3, 0.4) is 0 Å². The summed E-state index contributed by atoms with van der Waals surface area (Å²) in [5.41, 5.74) is 15.5. The molecular formula is C54H33N3O. The summed E-state index contributed by atoms with van der Waals surface area (Å²) in [5.74, 6) is 2.17. The first-order valence-electron chi connectivity index (χ1n) is 19.5. The van der Waals surface area contributed by atoms with Gasteiger partial charge in [-0.05, 0) is 63.2 Å². The second-order valence-corrected chi connectivity index (χ2v) is 14.8. The lowest BCUT2D eigenvalue weighted by atomic mass is 9.65. The number of hydrogen-bond donors (Lipinski definition) is 0. The number of benzene rings is 8. The molecule has 58 heavy (non-hydrogen) atoms. The van der Waals surface area contributed by atoms with Crippen molar-refractivity contribution in [3.63, 3.8) is 0 Å². The fourth-order valence-corrected chi connectivity index (χ4v) is 9.01. The van der Waals surface area contributed by atoms with Crippen molar-refractivity contribution in [2.24, 2.45) is 0 Å². The van der Waals surface area contributed by atoms with Crippen LogP contribution in [0.4, 0.5) is 0 Å². The number of hydrogen-bond acceptors (Lipinski definition) is 4. The van der Waals surface area contributed by atoms with Gasteiger partial charge in [0.25, 0.3) is 0 Å². The first-order chi connectivity index (χ1) is 28.7. The number of para-hydroxylation sites is 2. The van der Waals surface area contributed by atoms with Crippen molar-refractivity contribution in [1.29, 1.82) is 5.26 Å². The summed E-state index contributed by atoms with van der Waals surface area (Å²) in [5, 5.41) is 9.62. The van der Waals surface area contributed by atoms with Crippen LogP contribution >= 0.6 is 0 Å². The van der Waals surface area contributed by atoms with E-state index in [1.54, 1.807) is 0 Å². The van der Waals surface area contributed by atoms with Crippen LogP contribution in [-0.2, 0) is 5.41 Å². The van der Waals surface area contributed by atoms with Crippen LogP contribution in [0, 0.1) is 11.3 Å². The molecule has 4 heteroatoms. The highest BCUT2D eigenvalue weighted by Gasteiger charge is 2.52. The summed E-state index contributed by atoms with van der Waals surface area (Å²) in [6.07, 6.45) is 0. The SMILES string of the molecule is N#Cc1ccc(-c2cccc3c2Oc2c(-c4cc(-c5ccccc5)nc(-c5ccc(-c6ccccc6)cc5)n4)cccc2C32c3ccccc3-c3ccccc32)cc1. The Kier molecular flexibility index (Phi) is 7.74. The first kappa shape index (κ1) is 33.5. The minimum atomic E-state index is -0.680. The monoisotopic (exact) mass is 739 g/mol. The molecule has 2 heterocycles. The quantitative estimate of drug-likeness (QED) is 0.176. The maximum atomic E-state index is 9.62. The van der Waals surface area contributed by atoms with Crippen LogP contribution < -0.4 is 4.74 Å². The second-order valence-electron chi connectivity index (χ2n) is 14.8. The van der Waals surface area contributed by atoms with Crippen molar-refractivity contribution >= 4 is 0 Å². The van der Waals surface area contributed by atoms with E-state index in [1.807, 2.05) is 48.5 Å². The third-order valence-corrected chi connectivity index (χ3v) is 11.6. The molecule has 1 aliphatic carbocycles. The molecule has 11 rings (SSSR count). The Hall–Kier alpha value is -7.87. The Bertz CT molecular complexity index is 3030. The van der Waals surface area contributed by atoms with Gasteiger partial charge in [0.2, 0.25) is 0 Å². The molecule has 0 radical (unpaired) electrons. The molecule has 1 aromatic heterocycles. The van der Waals surface area contributed by atoms with Gasteiger partial charge < -0.3 is 4.74 Å². The average Bonchev–Trinajstić information content (AvgIpc) is 3.60. The van der Waals surface area contributed by atoms with E-state index < -0.39 is 5.41 Å². The van der Waals surface area contributed by atoms with Gasteiger partial charge in [-0.2, -0.15) is 5.26 Å². The summed E-state index contributed by atoms with van der Waals surface area (Å²) in [6, 6.07) is 71.7. The Morgan fingerprint density at radius 3 is 1.48 bits per heavy atom.